The van der Waals surface area contributed by atoms with E-state index in [1.165, 1.54) is 0 Å². The summed E-state index contributed by atoms with van der Waals surface area (Å²) in [6.45, 7) is 5.21. The summed E-state index contributed by atoms with van der Waals surface area (Å²) < 4.78 is 1.74. The Morgan fingerprint density at radius 1 is 1.07 bits per heavy atom. The molecular formula is C20H25N3O6. The van der Waals surface area contributed by atoms with Crippen molar-refractivity contribution in [2.24, 2.45) is 13.0 Å². The fraction of sp³-hybridized carbons (Fsp3) is 0.400. The molecule has 9 nitrogen and oxygen atoms in total. The van der Waals surface area contributed by atoms with E-state index in [9.17, 15) is 19.2 Å². The number of amides is 2. The number of aromatic nitrogens is 1. The molecule has 0 bridgehead atoms. The maximum absolute atomic E-state index is 13.0. The predicted molar refractivity (Wildman–Crippen MR) is 106 cm³/mol. The number of aryl methyl sites for hydroxylation is 2. The fourth-order valence-electron chi connectivity index (χ4n) is 3.29. The van der Waals surface area contributed by atoms with Crippen LogP contribution in [-0.2, 0) is 21.4 Å². The van der Waals surface area contributed by atoms with Gasteiger partial charge in [-0.15, -0.1) is 0 Å². The van der Waals surface area contributed by atoms with E-state index in [-0.39, 0.29) is 5.92 Å². The minimum atomic E-state index is -1.59. The molecule has 2 aromatic rings. The Kier molecular flexibility index (Phi) is 6.63. The summed E-state index contributed by atoms with van der Waals surface area (Å²) in [5.41, 5.74) is 2.02. The van der Waals surface area contributed by atoms with Crippen molar-refractivity contribution in [2.75, 3.05) is 0 Å². The molecule has 29 heavy (non-hydrogen) atoms. The van der Waals surface area contributed by atoms with Gasteiger partial charge in [0.15, 0.2) is 0 Å². The number of nitrogens with one attached hydrogen (secondary N) is 2. The van der Waals surface area contributed by atoms with Gasteiger partial charge in [-0.1, -0.05) is 32.0 Å². The van der Waals surface area contributed by atoms with Crippen molar-refractivity contribution in [3.8, 4) is 0 Å². The number of nitrogens with zero attached hydrogens (tertiary/aromatic N) is 1. The molecule has 2 rings (SSSR count). The van der Waals surface area contributed by atoms with Crippen molar-refractivity contribution in [2.45, 2.75) is 39.3 Å². The minimum Gasteiger partial charge on any atom is -0.481 e. The topological polar surface area (TPSA) is 138 Å². The molecule has 1 aromatic heterocycles. The van der Waals surface area contributed by atoms with Crippen molar-refractivity contribution < 1.29 is 29.4 Å². The maximum atomic E-state index is 13.0. The number of fused-ring (bicyclic) bond motifs is 1. The van der Waals surface area contributed by atoms with Gasteiger partial charge in [-0.2, -0.15) is 0 Å². The normalized spacial score (nSPS) is 13.1. The van der Waals surface area contributed by atoms with E-state index in [2.05, 4.69) is 10.6 Å². The third kappa shape index (κ3) is 4.74. The van der Waals surface area contributed by atoms with Crippen molar-refractivity contribution in [1.29, 1.82) is 0 Å². The van der Waals surface area contributed by atoms with Crippen molar-refractivity contribution >= 4 is 34.7 Å². The van der Waals surface area contributed by atoms with Gasteiger partial charge in [0.05, 0.1) is 6.42 Å². The molecule has 1 heterocycles. The molecule has 0 saturated carbocycles. The molecule has 0 fully saturated rings. The number of benzene rings is 1. The number of aliphatic carboxylic acids is 2. The molecule has 0 aliphatic heterocycles. The Labute approximate surface area is 167 Å². The average molecular weight is 403 g/mol. The molecule has 2 atom stereocenters. The Morgan fingerprint density at radius 2 is 1.69 bits per heavy atom. The SMILES string of the molecule is Cc1c(C(=O)NC(C(=O)NC(CC(=O)O)C(=O)O)C(C)C)n(C)c2ccccc12. The minimum absolute atomic E-state index is 0.354. The zero-order chi connectivity index (χ0) is 21.9. The third-order valence-electron chi connectivity index (χ3n) is 4.80. The largest absolute Gasteiger partial charge is 0.481 e. The van der Waals surface area contributed by atoms with Crippen LogP contribution in [0.5, 0.6) is 0 Å². The summed E-state index contributed by atoms with van der Waals surface area (Å²) in [7, 11) is 1.75. The zero-order valence-electron chi connectivity index (χ0n) is 16.7. The second kappa shape index (κ2) is 8.76. The van der Waals surface area contributed by atoms with Crippen LogP contribution in [0.25, 0.3) is 10.9 Å². The molecule has 0 spiro atoms. The molecule has 1 aromatic carbocycles. The van der Waals surface area contributed by atoms with Crippen molar-refractivity contribution in [3.05, 3.63) is 35.5 Å². The molecule has 0 saturated heterocycles. The first kappa shape index (κ1) is 21.9. The number of carbonyl (C=O) groups is 4. The first-order valence-corrected chi connectivity index (χ1v) is 9.14. The Bertz CT molecular complexity index is 924. The molecule has 2 amide bonds. The number of rotatable bonds is 8. The second-order valence-corrected chi connectivity index (χ2v) is 7.24. The number of para-hydroxylation sites is 1. The van der Waals surface area contributed by atoms with Gasteiger partial charge in [0.25, 0.3) is 5.91 Å². The molecule has 156 valence electrons. The lowest BCUT2D eigenvalue weighted by Gasteiger charge is -2.24. The first-order chi connectivity index (χ1) is 13.5. The van der Waals surface area contributed by atoms with E-state index in [0.29, 0.717) is 5.69 Å². The molecule has 4 N–H and O–H groups in total. The second-order valence-electron chi connectivity index (χ2n) is 7.24. The lowest BCUT2D eigenvalue weighted by atomic mass is 10.0. The van der Waals surface area contributed by atoms with E-state index < -0.39 is 42.3 Å². The Balaban J connectivity index is 2.27. The summed E-state index contributed by atoms with van der Waals surface area (Å²) in [6.07, 6.45) is -0.762. The zero-order valence-corrected chi connectivity index (χ0v) is 16.7. The predicted octanol–water partition coefficient (Wildman–Crippen LogP) is 1.29. The van der Waals surface area contributed by atoms with E-state index >= 15 is 0 Å². The number of hydrogen-bond donors (Lipinski definition) is 4. The highest BCUT2D eigenvalue weighted by molar-refractivity contribution is 6.03. The van der Waals surface area contributed by atoms with Gasteiger partial charge >= 0.3 is 11.9 Å². The molecule has 0 aliphatic carbocycles. The number of carboxylic acids is 2. The van der Waals surface area contributed by atoms with E-state index in [0.717, 1.165) is 16.5 Å². The Morgan fingerprint density at radius 3 is 2.21 bits per heavy atom. The molecule has 0 aliphatic rings. The summed E-state index contributed by atoms with van der Waals surface area (Å²) in [5, 5.41) is 23.7. The van der Waals surface area contributed by atoms with Crippen molar-refractivity contribution in [3.63, 3.8) is 0 Å². The highest BCUT2D eigenvalue weighted by atomic mass is 16.4. The number of hydrogen-bond acceptors (Lipinski definition) is 4. The quantitative estimate of drug-likeness (QED) is 0.524. The molecule has 2 unspecified atom stereocenters. The highest BCUT2D eigenvalue weighted by Crippen LogP contribution is 2.24. The first-order valence-electron chi connectivity index (χ1n) is 9.14. The number of carbonyl (C=O) groups excluding carboxylic acids is 2. The van der Waals surface area contributed by atoms with Crippen LogP contribution < -0.4 is 10.6 Å². The van der Waals surface area contributed by atoms with E-state index in [1.807, 2.05) is 31.2 Å². The Hall–Kier alpha value is -3.36. The van der Waals surface area contributed by atoms with Gasteiger partial charge in [0, 0.05) is 18.0 Å². The molecular weight excluding hydrogens is 378 g/mol. The van der Waals surface area contributed by atoms with E-state index in [1.54, 1.807) is 25.5 Å². The van der Waals surface area contributed by atoms with Gasteiger partial charge in [0.2, 0.25) is 5.91 Å². The third-order valence-corrected chi connectivity index (χ3v) is 4.80. The van der Waals surface area contributed by atoms with Crippen LogP contribution in [0, 0.1) is 12.8 Å². The van der Waals surface area contributed by atoms with Crippen LogP contribution in [0.4, 0.5) is 0 Å². The summed E-state index contributed by atoms with van der Waals surface area (Å²) in [4.78, 5) is 47.6. The number of carboxylic acid groups (broad SMARTS) is 2. The van der Waals surface area contributed by atoms with Crippen LogP contribution in [-0.4, -0.2) is 50.6 Å². The van der Waals surface area contributed by atoms with Gasteiger partial charge in [-0.3, -0.25) is 14.4 Å². The summed E-state index contributed by atoms with van der Waals surface area (Å²) in [5.74, 6) is -4.39. The van der Waals surface area contributed by atoms with Crippen LogP contribution in [0.15, 0.2) is 24.3 Å². The van der Waals surface area contributed by atoms with Crippen LogP contribution in [0.1, 0.15) is 36.3 Å². The summed E-state index contributed by atoms with van der Waals surface area (Å²) in [6, 6.07) is 4.90. The molecule has 9 heteroatoms. The fourth-order valence-corrected chi connectivity index (χ4v) is 3.29. The van der Waals surface area contributed by atoms with Crippen molar-refractivity contribution in [1.82, 2.24) is 15.2 Å². The summed E-state index contributed by atoms with van der Waals surface area (Å²) >= 11 is 0. The van der Waals surface area contributed by atoms with Gasteiger partial charge < -0.3 is 25.4 Å². The highest BCUT2D eigenvalue weighted by Gasteiger charge is 2.31. The maximum Gasteiger partial charge on any atom is 0.326 e. The molecule has 0 radical (unpaired) electrons. The van der Waals surface area contributed by atoms with Gasteiger partial charge in [-0.25, -0.2) is 4.79 Å². The van der Waals surface area contributed by atoms with Gasteiger partial charge in [0.1, 0.15) is 17.8 Å². The van der Waals surface area contributed by atoms with Crippen LogP contribution in [0.3, 0.4) is 0 Å². The lowest BCUT2D eigenvalue weighted by molar-refractivity contribution is -0.147. The lowest BCUT2D eigenvalue weighted by Crippen LogP contribution is -2.54. The van der Waals surface area contributed by atoms with Crippen LogP contribution >= 0.6 is 0 Å². The van der Waals surface area contributed by atoms with Gasteiger partial charge in [-0.05, 0) is 24.5 Å². The standard InChI is InChI=1S/C20H25N3O6/c1-10(2)16(18(26)21-13(20(28)29)9-15(24)25)22-19(27)17-11(3)12-7-5-6-8-14(12)23(17)4/h5-8,10,13,16H,9H2,1-4H3,(H,21,26)(H,22,27)(H,24,25)(H,28,29). The average Bonchev–Trinajstić information content (AvgIpc) is 2.89. The van der Waals surface area contributed by atoms with Crippen LogP contribution in [0.2, 0.25) is 0 Å². The monoisotopic (exact) mass is 403 g/mol. The smallest absolute Gasteiger partial charge is 0.326 e. The van der Waals surface area contributed by atoms with E-state index in [4.69, 9.17) is 10.2 Å².